The third-order valence-corrected chi connectivity index (χ3v) is 2.35. The van der Waals surface area contributed by atoms with Crippen LogP contribution >= 0.6 is 0 Å². The van der Waals surface area contributed by atoms with Crippen LogP contribution in [0.15, 0.2) is 12.4 Å². The molecule has 0 bridgehead atoms. The lowest BCUT2D eigenvalue weighted by molar-refractivity contribution is -0.0602. The molecule has 0 saturated heterocycles. The van der Waals surface area contributed by atoms with Crippen LogP contribution in [0.3, 0.4) is 0 Å². The summed E-state index contributed by atoms with van der Waals surface area (Å²) >= 11 is 0. The first-order valence-corrected chi connectivity index (χ1v) is 4.77. The molecule has 0 amide bonds. The Morgan fingerprint density at radius 1 is 1.46 bits per heavy atom. The van der Waals surface area contributed by atoms with Crippen LogP contribution in [0.1, 0.15) is 32.7 Å². The number of rotatable bonds is 3. The van der Waals surface area contributed by atoms with E-state index in [1.54, 1.807) is 6.20 Å². The molecule has 0 aliphatic heterocycles. The Morgan fingerprint density at radius 2 is 2.23 bits per heavy atom. The summed E-state index contributed by atoms with van der Waals surface area (Å²) in [5.41, 5.74) is 0. The number of hydrogen-bond acceptors (Lipinski definition) is 3. The number of hydrogen-bond donors (Lipinski definition) is 0. The standard InChI is InChI=1S/C9H15N3O/c1-7(2)13-9-5-8(6-9)12-4-3-10-11-12/h3-4,7-9H,5-6H2,1-2H3. The van der Waals surface area contributed by atoms with Crippen molar-refractivity contribution < 1.29 is 4.74 Å². The SMILES string of the molecule is CC(C)OC1CC(n2ccnn2)C1. The van der Waals surface area contributed by atoms with E-state index in [-0.39, 0.29) is 0 Å². The maximum absolute atomic E-state index is 5.65. The molecule has 0 N–H and O–H groups in total. The summed E-state index contributed by atoms with van der Waals surface area (Å²) in [5.74, 6) is 0. The Hall–Kier alpha value is -0.900. The predicted molar refractivity (Wildman–Crippen MR) is 48.3 cm³/mol. The minimum atomic E-state index is 0.335. The molecule has 0 unspecified atom stereocenters. The summed E-state index contributed by atoms with van der Waals surface area (Å²) in [4.78, 5) is 0. The summed E-state index contributed by atoms with van der Waals surface area (Å²) < 4.78 is 7.57. The molecule has 1 fully saturated rings. The summed E-state index contributed by atoms with van der Waals surface area (Å²) in [6.07, 6.45) is 6.53. The van der Waals surface area contributed by atoms with Crippen LogP contribution in [0.5, 0.6) is 0 Å². The summed E-state index contributed by atoms with van der Waals surface area (Å²) in [7, 11) is 0. The van der Waals surface area contributed by atoms with Crippen LogP contribution in [0.2, 0.25) is 0 Å². The van der Waals surface area contributed by atoms with Crippen molar-refractivity contribution in [3.63, 3.8) is 0 Å². The zero-order chi connectivity index (χ0) is 9.26. The maximum Gasteiger partial charge on any atom is 0.0693 e. The van der Waals surface area contributed by atoms with Gasteiger partial charge in [0.15, 0.2) is 0 Å². The molecule has 1 aliphatic rings. The van der Waals surface area contributed by atoms with Crippen molar-refractivity contribution >= 4 is 0 Å². The molecule has 2 rings (SSSR count). The molecular formula is C9H15N3O. The summed E-state index contributed by atoms with van der Waals surface area (Å²) in [5, 5.41) is 7.75. The number of aromatic nitrogens is 3. The molecule has 0 atom stereocenters. The highest BCUT2D eigenvalue weighted by atomic mass is 16.5. The van der Waals surface area contributed by atoms with Gasteiger partial charge >= 0.3 is 0 Å². The van der Waals surface area contributed by atoms with Crippen molar-refractivity contribution in [1.82, 2.24) is 15.0 Å². The Kier molecular flexibility index (Phi) is 2.31. The monoisotopic (exact) mass is 181 g/mol. The molecule has 1 aromatic rings. The first-order chi connectivity index (χ1) is 6.25. The van der Waals surface area contributed by atoms with E-state index in [9.17, 15) is 0 Å². The largest absolute Gasteiger partial charge is 0.375 e. The van der Waals surface area contributed by atoms with E-state index >= 15 is 0 Å². The normalized spacial score (nSPS) is 27.6. The lowest BCUT2D eigenvalue weighted by Crippen LogP contribution is -2.35. The van der Waals surface area contributed by atoms with Gasteiger partial charge in [-0.3, -0.25) is 0 Å². The summed E-state index contributed by atoms with van der Waals surface area (Å²) in [6, 6.07) is 0.506. The van der Waals surface area contributed by atoms with Crippen LogP contribution in [0.4, 0.5) is 0 Å². The Bertz CT molecular complexity index is 252. The van der Waals surface area contributed by atoms with Gasteiger partial charge in [-0.1, -0.05) is 5.21 Å². The quantitative estimate of drug-likeness (QED) is 0.707. The van der Waals surface area contributed by atoms with Gasteiger partial charge in [0.25, 0.3) is 0 Å². The highest BCUT2D eigenvalue weighted by molar-refractivity contribution is 4.86. The van der Waals surface area contributed by atoms with Crippen molar-refractivity contribution in [3.8, 4) is 0 Å². The van der Waals surface area contributed by atoms with Gasteiger partial charge in [-0.2, -0.15) is 0 Å². The maximum atomic E-state index is 5.65. The zero-order valence-electron chi connectivity index (χ0n) is 8.05. The van der Waals surface area contributed by atoms with Crippen molar-refractivity contribution in [2.75, 3.05) is 0 Å². The third kappa shape index (κ3) is 1.88. The first-order valence-electron chi connectivity index (χ1n) is 4.77. The summed E-state index contributed by atoms with van der Waals surface area (Å²) in [6.45, 7) is 4.14. The molecule has 13 heavy (non-hydrogen) atoms. The molecule has 0 spiro atoms. The molecule has 0 radical (unpaired) electrons. The van der Waals surface area contributed by atoms with Crippen molar-refractivity contribution in [2.45, 2.75) is 44.9 Å². The molecule has 1 saturated carbocycles. The van der Waals surface area contributed by atoms with Gasteiger partial charge in [0.2, 0.25) is 0 Å². The lowest BCUT2D eigenvalue weighted by atomic mass is 9.89. The Labute approximate surface area is 77.9 Å². The second kappa shape index (κ2) is 3.46. The lowest BCUT2D eigenvalue weighted by Gasteiger charge is -2.35. The molecule has 4 heteroatoms. The van der Waals surface area contributed by atoms with Gasteiger partial charge in [0.05, 0.1) is 24.4 Å². The van der Waals surface area contributed by atoms with Crippen LogP contribution < -0.4 is 0 Å². The molecule has 4 nitrogen and oxygen atoms in total. The molecule has 1 aromatic heterocycles. The smallest absolute Gasteiger partial charge is 0.0693 e. The molecule has 0 aromatic carbocycles. The van der Waals surface area contributed by atoms with Crippen molar-refractivity contribution in [1.29, 1.82) is 0 Å². The highest BCUT2D eigenvalue weighted by Crippen LogP contribution is 2.34. The van der Waals surface area contributed by atoms with Gasteiger partial charge < -0.3 is 4.74 Å². The average molecular weight is 181 g/mol. The molecule has 1 aliphatic carbocycles. The molecule has 72 valence electrons. The van der Waals surface area contributed by atoms with E-state index in [1.807, 2.05) is 10.9 Å². The predicted octanol–water partition coefficient (Wildman–Crippen LogP) is 1.41. The molecular weight excluding hydrogens is 166 g/mol. The van der Waals surface area contributed by atoms with Crippen molar-refractivity contribution in [3.05, 3.63) is 12.4 Å². The fourth-order valence-corrected chi connectivity index (χ4v) is 1.66. The van der Waals surface area contributed by atoms with E-state index in [4.69, 9.17) is 4.74 Å². The second-order valence-electron chi connectivity index (χ2n) is 3.82. The fraction of sp³-hybridized carbons (Fsp3) is 0.778. The van der Waals surface area contributed by atoms with Gasteiger partial charge in [-0.05, 0) is 26.7 Å². The molecule has 1 heterocycles. The number of ether oxygens (including phenoxy) is 1. The van der Waals surface area contributed by atoms with E-state index in [0.29, 0.717) is 18.2 Å². The first kappa shape index (κ1) is 8.69. The Morgan fingerprint density at radius 3 is 2.77 bits per heavy atom. The van der Waals surface area contributed by atoms with Gasteiger partial charge in [-0.15, -0.1) is 5.10 Å². The average Bonchev–Trinajstić information content (AvgIpc) is 2.46. The van der Waals surface area contributed by atoms with Crippen LogP contribution in [0.25, 0.3) is 0 Å². The third-order valence-electron chi connectivity index (χ3n) is 2.35. The number of nitrogens with zero attached hydrogens (tertiary/aromatic N) is 3. The van der Waals surface area contributed by atoms with Gasteiger partial charge in [0.1, 0.15) is 0 Å². The van der Waals surface area contributed by atoms with Crippen molar-refractivity contribution in [2.24, 2.45) is 0 Å². The van der Waals surface area contributed by atoms with E-state index in [1.165, 1.54) is 0 Å². The van der Waals surface area contributed by atoms with Gasteiger partial charge in [-0.25, -0.2) is 4.68 Å². The minimum absolute atomic E-state index is 0.335. The van der Waals surface area contributed by atoms with E-state index in [2.05, 4.69) is 24.2 Å². The minimum Gasteiger partial charge on any atom is -0.375 e. The van der Waals surface area contributed by atoms with Crippen LogP contribution in [-0.4, -0.2) is 27.2 Å². The highest BCUT2D eigenvalue weighted by Gasteiger charge is 2.32. The topological polar surface area (TPSA) is 39.9 Å². The zero-order valence-corrected chi connectivity index (χ0v) is 8.05. The second-order valence-corrected chi connectivity index (χ2v) is 3.82. The van der Waals surface area contributed by atoms with Crippen LogP contribution in [-0.2, 0) is 4.74 Å². The van der Waals surface area contributed by atoms with Crippen LogP contribution in [0, 0.1) is 0 Å². The van der Waals surface area contributed by atoms with E-state index < -0.39 is 0 Å². The fourth-order valence-electron chi connectivity index (χ4n) is 1.66. The van der Waals surface area contributed by atoms with E-state index in [0.717, 1.165) is 12.8 Å². The Balaban J connectivity index is 1.79. The van der Waals surface area contributed by atoms with Gasteiger partial charge in [0, 0.05) is 6.20 Å².